The second kappa shape index (κ2) is 4.84. The second-order valence-electron chi connectivity index (χ2n) is 5.96. The molecule has 0 heterocycles. The highest BCUT2D eigenvalue weighted by Crippen LogP contribution is 2.44. The Labute approximate surface area is 93.5 Å². The quantitative estimate of drug-likeness (QED) is 0.730. The van der Waals surface area contributed by atoms with Gasteiger partial charge in [-0.2, -0.15) is 0 Å². The summed E-state index contributed by atoms with van der Waals surface area (Å²) in [5, 5.41) is 13.0. The number of rotatable bonds is 5. The molecule has 4 atom stereocenters. The minimum Gasteiger partial charge on any atom is -0.395 e. The Morgan fingerprint density at radius 3 is 2.53 bits per heavy atom. The van der Waals surface area contributed by atoms with Crippen molar-refractivity contribution in [2.45, 2.75) is 58.0 Å². The summed E-state index contributed by atoms with van der Waals surface area (Å²) < 4.78 is 0. The molecule has 0 radical (unpaired) electrons. The summed E-state index contributed by atoms with van der Waals surface area (Å²) in [5.41, 5.74) is 0. The van der Waals surface area contributed by atoms with Crippen molar-refractivity contribution in [3.63, 3.8) is 0 Å². The first-order valence-electron chi connectivity index (χ1n) is 6.56. The molecule has 15 heavy (non-hydrogen) atoms. The zero-order chi connectivity index (χ0) is 10.8. The first-order chi connectivity index (χ1) is 7.19. The van der Waals surface area contributed by atoms with Crippen LogP contribution < -0.4 is 5.32 Å². The molecule has 2 rings (SSSR count). The topological polar surface area (TPSA) is 32.3 Å². The van der Waals surface area contributed by atoms with Gasteiger partial charge in [0.15, 0.2) is 0 Å². The van der Waals surface area contributed by atoms with Crippen LogP contribution >= 0.6 is 0 Å². The smallest absolute Gasteiger partial charge is 0.0584 e. The van der Waals surface area contributed by atoms with E-state index in [1.54, 1.807) is 0 Å². The molecule has 0 aromatic carbocycles. The Bertz CT molecular complexity index is 205. The van der Waals surface area contributed by atoms with Gasteiger partial charge in [0.1, 0.15) is 0 Å². The third-order valence-corrected chi connectivity index (χ3v) is 4.16. The molecular weight excluding hydrogens is 186 g/mol. The number of hydrogen-bond acceptors (Lipinski definition) is 2. The van der Waals surface area contributed by atoms with E-state index in [0.29, 0.717) is 24.6 Å². The van der Waals surface area contributed by atoms with E-state index in [9.17, 15) is 5.11 Å². The van der Waals surface area contributed by atoms with Gasteiger partial charge in [0.05, 0.1) is 6.61 Å². The molecule has 0 aliphatic heterocycles. The molecule has 2 nitrogen and oxygen atoms in total. The Kier molecular flexibility index (Phi) is 3.68. The van der Waals surface area contributed by atoms with Gasteiger partial charge in [0.2, 0.25) is 0 Å². The molecule has 4 unspecified atom stereocenters. The minimum atomic E-state index is 0.298. The van der Waals surface area contributed by atoms with Gasteiger partial charge in [-0.15, -0.1) is 0 Å². The molecule has 0 saturated heterocycles. The summed E-state index contributed by atoms with van der Waals surface area (Å²) in [6.07, 6.45) is 6.78. The third-order valence-electron chi connectivity index (χ3n) is 4.16. The zero-order valence-electron chi connectivity index (χ0n) is 10.1. The van der Waals surface area contributed by atoms with Gasteiger partial charge in [-0.25, -0.2) is 0 Å². The van der Waals surface area contributed by atoms with Crippen molar-refractivity contribution in [1.29, 1.82) is 0 Å². The largest absolute Gasteiger partial charge is 0.395 e. The van der Waals surface area contributed by atoms with E-state index in [1.165, 1.54) is 25.7 Å². The van der Waals surface area contributed by atoms with E-state index in [-0.39, 0.29) is 0 Å². The highest BCUT2D eigenvalue weighted by Gasteiger charge is 2.39. The maximum atomic E-state index is 9.34. The second-order valence-corrected chi connectivity index (χ2v) is 5.96. The molecule has 2 aliphatic carbocycles. The predicted octanol–water partition coefficient (Wildman–Crippen LogP) is 2.17. The van der Waals surface area contributed by atoms with Crippen molar-refractivity contribution in [3.05, 3.63) is 0 Å². The first-order valence-corrected chi connectivity index (χ1v) is 6.56. The van der Waals surface area contributed by atoms with E-state index in [0.717, 1.165) is 18.3 Å². The molecule has 0 amide bonds. The summed E-state index contributed by atoms with van der Waals surface area (Å²) in [6.45, 7) is 4.75. The van der Waals surface area contributed by atoms with E-state index in [4.69, 9.17) is 0 Å². The zero-order valence-corrected chi connectivity index (χ0v) is 10.1. The molecule has 0 aromatic heterocycles. The maximum Gasteiger partial charge on any atom is 0.0584 e. The standard InChI is InChI=1S/C13H25NO/c1-9(2)5-12(8-15)14-13-7-10-3-4-11(13)6-10/h9-15H,3-8H2,1-2H3. The Hall–Kier alpha value is -0.0800. The van der Waals surface area contributed by atoms with Gasteiger partial charge in [0, 0.05) is 12.1 Å². The average molecular weight is 211 g/mol. The molecule has 2 saturated carbocycles. The van der Waals surface area contributed by atoms with Gasteiger partial charge in [-0.1, -0.05) is 20.3 Å². The third kappa shape index (κ3) is 2.73. The van der Waals surface area contributed by atoms with E-state index < -0.39 is 0 Å². The number of fused-ring (bicyclic) bond motifs is 2. The first kappa shape index (κ1) is 11.4. The van der Waals surface area contributed by atoms with Crippen LogP contribution in [0.2, 0.25) is 0 Å². The van der Waals surface area contributed by atoms with Gasteiger partial charge < -0.3 is 10.4 Å². The Balaban J connectivity index is 1.79. The molecule has 2 N–H and O–H groups in total. The van der Waals surface area contributed by atoms with Crippen molar-refractivity contribution >= 4 is 0 Å². The van der Waals surface area contributed by atoms with Crippen LogP contribution in [0.25, 0.3) is 0 Å². The van der Waals surface area contributed by atoms with Crippen molar-refractivity contribution in [2.75, 3.05) is 6.61 Å². The summed E-state index contributed by atoms with van der Waals surface area (Å²) >= 11 is 0. The van der Waals surface area contributed by atoms with E-state index in [2.05, 4.69) is 19.2 Å². The van der Waals surface area contributed by atoms with E-state index in [1.807, 2.05) is 0 Å². The highest BCUT2D eigenvalue weighted by atomic mass is 16.3. The fraction of sp³-hybridized carbons (Fsp3) is 1.00. The van der Waals surface area contributed by atoms with Crippen LogP contribution in [0.5, 0.6) is 0 Å². The van der Waals surface area contributed by atoms with Gasteiger partial charge in [0.25, 0.3) is 0 Å². The monoisotopic (exact) mass is 211 g/mol. The molecule has 2 heteroatoms. The van der Waals surface area contributed by atoms with Crippen molar-refractivity contribution in [2.24, 2.45) is 17.8 Å². The summed E-state index contributed by atoms with van der Waals surface area (Å²) in [6, 6.07) is 1.04. The SMILES string of the molecule is CC(C)CC(CO)NC1CC2CCC1C2. The lowest BCUT2D eigenvalue weighted by atomic mass is 9.93. The van der Waals surface area contributed by atoms with Crippen LogP contribution in [0.15, 0.2) is 0 Å². The van der Waals surface area contributed by atoms with E-state index >= 15 is 0 Å². The summed E-state index contributed by atoms with van der Waals surface area (Å²) in [4.78, 5) is 0. The lowest BCUT2D eigenvalue weighted by Gasteiger charge is -2.28. The van der Waals surface area contributed by atoms with Crippen LogP contribution in [0.3, 0.4) is 0 Å². The Morgan fingerprint density at radius 1 is 1.27 bits per heavy atom. The van der Waals surface area contributed by atoms with Crippen LogP contribution in [0, 0.1) is 17.8 Å². The molecule has 0 aromatic rings. The number of hydrogen-bond donors (Lipinski definition) is 2. The van der Waals surface area contributed by atoms with Crippen LogP contribution in [-0.4, -0.2) is 23.8 Å². The molecule has 2 bridgehead atoms. The van der Waals surface area contributed by atoms with Gasteiger partial charge >= 0.3 is 0 Å². The molecular formula is C13H25NO. The van der Waals surface area contributed by atoms with Crippen LogP contribution in [0.4, 0.5) is 0 Å². The van der Waals surface area contributed by atoms with Crippen molar-refractivity contribution in [3.8, 4) is 0 Å². The predicted molar refractivity (Wildman–Crippen MR) is 62.7 cm³/mol. The van der Waals surface area contributed by atoms with Gasteiger partial charge in [-0.3, -0.25) is 0 Å². The fourth-order valence-electron chi connectivity index (χ4n) is 3.52. The van der Waals surface area contributed by atoms with Crippen LogP contribution in [0.1, 0.15) is 46.0 Å². The minimum absolute atomic E-state index is 0.298. The van der Waals surface area contributed by atoms with Crippen LogP contribution in [-0.2, 0) is 0 Å². The fourth-order valence-corrected chi connectivity index (χ4v) is 3.52. The lowest BCUT2D eigenvalue weighted by molar-refractivity contribution is 0.197. The highest BCUT2D eigenvalue weighted by molar-refractivity contribution is 4.95. The summed E-state index contributed by atoms with van der Waals surface area (Å²) in [7, 11) is 0. The number of nitrogens with one attached hydrogen (secondary N) is 1. The summed E-state index contributed by atoms with van der Waals surface area (Å²) in [5.74, 6) is 2.58. The molecule has 2 fully saturated rings. The Morgan fingerprint density at radius 2 is 2.07 bits per heavy atom. The number of aliphatic hydroxyl groups is 1. The molecule has 2 aliphatic rings. The maximum absolute atomic E-state index is 9.34. The van der Waals surface area contributed by atoms with Gasteiger partial charge in [-0.05, 0) is 43.4 Å². The van der Waals surface area contributed by atoms with Crippen molar-refractivity contribution in [1.82, 2.24) is 5.32 Å². The lowest BCUT2D eigenvalue weighted by Crippen LogP contribution is -2.43. The average Bonchev–Trinajstić information content (AvgIpc) is 2.77. The molecule has 88 valence electrons. The normalized spacial score (nSPS) is 36.4. The molecule has 0 spiro atoms. The van der Waals surface area contributed by atoms with Crippen molar-refractivity contribution < 1.29 is 5.11 Å². The number of aliphatic hydroxyl groups excluding tert-OH is 1.